The predicted molar refractivity (Wildman–Crippen MR) is 63.6 cm³/mol. The summed E-state index contributed by atoms with van der Waals surface area (Å²) >= 11 is 3.24. The molecule has 0 saturated carbocycles. The van der Waals surface area contributed by atoms with Gasteiger partial charge in [-0.25, -0.2) is 0 Å². The lowest BCUT2D eigenvalue weighted by atomic mass is 10.2. The lowest BCUT2D eigenvalue weighted by Crippen LogP contribution is -2.31. The van der Waals surface area contributed by atoms with Crippen LogP contribution in [0.25, 0.3) is 0 Å². The Morgan fingerprint density at radius 1 is 1.60 bits per heavy atom. The fourth-order valence-electron chi connectivity index (χ4n) is 1.21. The van der Waals surface area contributed by atoms with Gasteiger partial charge in [0.1, 0.15) is 5.76 Å². The molecule has 1 heterocycles. The number of rotatable bonds is 6. The van der Waals surface area contributed by atoms with Gasteiger partial charge in [-0.1, -0.05) is 12.2 Å². The molecule has 0 aromatic carbocycles. The van der Waals surface area contributed by atoms with E-state index in [0.29, 0.717) is 6.54 Å². The van der Waals surface area contributed by atoms with Crippen molar-refractivity contribution in [2.24, 2.45) is 0 Å². The van der Waals surface area contributed by atoms with Gasteiger partial charge in [0, 0.05) is 6.04 Å². The Hall–Kier alpha value is -0.580. The summed E-state index contributed by atoms with van der Waals surface area (Å²) < 4.78 is 6.07. The van der Waals surface area contributed by atoms with Crippen molar-refractivity contribution in [1.82, 2.24) is 5.32 Å². The molecule has 0 amide bonds. The SMILES string of the molecule is C/C=C/CC(CO)NCc1ccc(Br)o1. The van der Waals surface area contributed by atoms with E-state index in [0.717, 1.165) is 16.9 Å². The molecule has 84 valence electrons. The summed E-state index contributed by atoms with van der Waals surface area (Å²) in [5.41, 5.74) is 0. The maximum absolute atomic E-state index is 9.10. The van der Waals surface area contributed by atoms with E-state index in [-0.39, 0.29) is 12.6 Å². The van der Waals surface area contributed by atoms with Crippen molar-refractivity contribution in [2.75, 3.05) is 6.61 Å². The van der Waals surface area contributed by atoms with Gasteiger partial charge in [-0.05, 0) is 41.4 Å². The maximum atomic E-state index is 9.10. The van der Waals surface area contributed by atoms with E-state index in [9.17, 15) is 0 Å². The number of furan rings is 1. The Labute approximate surface area is 98.3 Å². The third kappa shape index (κ3) is 4.64. The molecule has 0 radical (unpaired) electrons. The van der Waals surface area contributed by atoms with Gasteiger partial charge in [-0.3, -0.25) is 0 Å². The predicted octanol–water partition coefficient (Wildman–Crippen LogP) is 2.46. The van der Waals surface area contributed by atoms with Crippen LogP contribution in [0.5, 0.6) is 0 Å². The number of hydrogen-bond donors (Lipinski definition) is 2. The molecule has 2 N–H and O–H groups in total. The van der Waals surface area contributed by atoms with Crippen molar-refractivity contribution in [3.05, 3.63) is 34.7 Å². The minimum Gasteiger partial charge on any atom is -0.453 e. The molecule has 0 aliphatic heterocycles. The monoisotopic (exact) mass is 273 g/mol. The first-order valence-corrected chi connectivity index (χ1v) is 5.75. The van der Waals surface area contributed by atoms with Crippen LogP contribution in [0, 0.1) is 0 Å². The van der Waals surface area contributed by atoms with E-state index < -0.39 is 0 Å². The van der Waals surface area contributed by atoms with Crippen LogP contribution in [0.3, 0.4) is 0 Å². The second-order valence-electron chi connectivity index (χ2n) is 3.27. The smallest absolute Gasteiger partial charge is 0.169 e. The molecule has 0 spiro atoms. The Bertz CT molecular complexity index is 309. The maximum Gasteiger partial charge on any atom is 0.169 e. The molecular formula is C11H16BrNO2. The van der Waals surface area contributed by atoms with Gasteiger partial charge in [-0.2, -0.15) is 0 Å². The van der Waals surface area contributed by atoms with E-state index in [1.165, 1.54) is 0 Å². The molecule has 0 fully saturated rings. The average Bonchev–Trinajstić information content (AvgIpc) is 2.65. The second-order valence-corrected chi connectivity index (χ2v) is 4.05. The molecule has 1 unspecified atom stereocenters. The van der Waals surface area contributed by atoms with Crippen molar-refractivity contribution < 1.29 is 9.52 Å². The third-order valence-corrected chi connectivity index (χ3v) is 2.50. The second kappa shape index (κ2) is 6.82. The number of allylic oxidation sites excluding steroid dienone is 1. The van der Waals surface area contributed by atoms with E-state index in [2.05, 4.69) is 21.2 Å². The van der Waals surface area contributed by atoms with Gasteiger partial charge in [0.2, 0.25) is 0 Å². The van der Waals surface area contributed by atoms with Crippen molar-refractivity contribution in [3.8, 4) is 0 Å². The quantitative estimate of drug-likeness (QED) is 0.783. The molecule has 1 aromatic rings. The van der Waals surface area contributed by atoms with Crippen LogP contribution in [0.1, 0.15) is 19.1 Å². The van der Waals surface area contributed by atoms with Gasteiger partial charge in [0.15, 0.2) is 4.67 Å². The topological polar surface area (TPSA) is 45.4 Å². The number of halogens is 1. The first kappa shape index (κ1) is 12.5. The minimum absolute atomic E-state index is 0.0880. The fourth-order valence-corrected chi connectivity index (χ4v) is 1.55. The molecular weight excluding hydrogens is 258 g/mol. The number of aliphatic hydroxyl groups is 1. The molecule has 1 atom stereocenters. The lowest BCUT2D eigenvalue weighted by Gasteiger charge is -2.12. The van der Waals surface area contributed by atoms with Gasteiger partial charge in [-0.15, -0.1) is 0 Å². The third-order valence-electron chi connectivity index (χ3n) is 2.07. The Morgan fingerprint density at radius 3 is 2.93 bits per heavy atom. The van der Waals surface area contributed by atoms with Crippen LogP contribution >= 0.6 is 15.9 Å². The van der Waals surface area contributed by atoms with Crippen molar-refractivity contribution in [2.45, 2.75) is 25.9 Å². The molecule has 15 heavy (non-hydrogen) atoms. The summed E-state index contributed by atoms with van der Waals surface area (Å²) in [5.74, 6) is 0.862. The Morgan fingerprint density at radius 2 is 2.40 bits per heavy atom. The molecule has 1 rings (SSSR count). The molecule has 0 aliphatic carbocycles. The van der Waals surface area contributed by atoms with Crippen molar-refractivity contribution >= 4 is 15.9 Å². The highest BCUT2D eigenvalue weighted by molar-refractivity contribution is 9.10. The molecule has 0 aliphatic rings. The molecule has 4 heteroatoms. The van der Waals surface area contributed by atoms with Gasteiger partial charge >= 0.3 is 0 Å². The van der Waals surface area contributed by atoms with Crippen LogP contribution in [-0.4, -0.2) is 17.8 Å². The van der Waals surface area contributed by atoms with Gasteiger partial charge < -0.3 is 14.8 Å². The van der Waals surface area contributed by atoms with Gasteiger partial charge in [0.05, 0.1) is 13.2 Å². The largest absolute Gasteiger partial charge is 0.453 e. The normalized spacial score (nSPS) is 13.5. The van der Waals surface area contributed by atoms with Crippen molar-refractivity contribution in [1.29, 1.82) is 0 Å². The zero-order valence-electron chi connectivity index (χ0n) is 8.74. The summed E-state index contributed by atoms with van der Waals surface area (Å²) in [7, 11) is 0. The summed E-state index contributed by atoms with van der Waals surface area (Å²) in [5, 5.41) is 12.3. The Balaban J connectivity index is 2.33. The average molecular weight is 274 g/mol. The molecule has 0 saturated heterocycles. The highest BCUT2D eigenvalue weighted by Gasteiger charge is 2.06. The Kier molecular flexibility index (Phi) is 5.68. The van der Waals surface area contributed by atoms with E-state index in [4.69, 9.17) is 9.52 Å². The van der Waals surface area contributed by atoms with E-state index in [1.807, 2.05) is 31.2 Å². The highest BCUT2D eigenvalue weighted by atomic mass is 79.9. The molecule has 0 bridgehead atoms. The number of hydrogen-bond acceptors (Lipinski definition) is 3. The van der Waals surface area contributed by atoms with Crippen LogP contribution in [0.2, 0.25) is 0 Å². The first-order chi connectivity index (χ1) is 7.26. The van der Waals surface area contributed by atoms with E-state index in [1.54, 1.807) is 0 Å². The number of aliphatic hydroxyl groups excluding tert-OH is 1. The number of nitrogens with one attached hydrogen (secondary N) is 1. The molecule has 3 nitrogen and oxygen atoms in total. The van der Waals surface area contributed by atoms with Crippen molar-refractivity contribution in [3.63, 3.8) is 0 Å². The summed E-state index contributed by atoms with van der Waals surface area (Å²) in [6.45, 7) is 2.73. The van der Waals surface area contributed by atoms with Crippen LogP contribution < -0.4 is 5.32 Å². The molecule has 1 aromatic heterocycles. The van der Waals surface area contributed by atoms with Gasteiger partial charge in [0.25, 0.3) is 0 Å². The zero-order valence-corrected chi connectivity index (χ0v) is 10.3. The lowest BCUT2D eigenvalue weighted by molar-refractivity contribution is 0.239. The summed E-state index contributed by atoms with van der Waals surface area (Å²) in [6, 6.07) is 3.85. The van der Waals surface area contributed by atoms with Crippen LogP contribution in [0.4, 0.5) is 0 Å². The standard InChI is InChI=1S/C11H16BrNO2/c1-2-3-4-9(8-14)13-7-10-5-6-11(12)15-10/h2-3,5-6,9,13-14H,4,7-8H2,1H3/b3-2+. The highest BCUT2D eigenvalue weighted by Crippen LogP contribution is 2.13. The fraction of sp³-hybridized carbons (Fsp3) is 0.455. The zero-order chi connectivity index (χ0) is 11.1. The minimum atomic E-state index is 0.0880. The van der Waals surface area contributed by atoms with Crippen LogP contribution in [0.15, 0.2) is 33.4 Å². The summed E-state index contributed by atoms with van der Waals surface area (Å²) in [4.78, 5) is 0. The first-order valence-electron chi connectivity index (χ1n) is 4.96. The summed E-state index contributed by atoms with van der Waals surface area (Å²) in [6.07, 6.45) is 4.84. The van der Waals surface area contributed by atoms with Crippen LogP contribution in [-0.2, 0) is 6.54 Å². The van der Waals surface area contributed by atoms with E-state index >= 15 is 0 Å².